The molecule has 33 heavy (non-hydrogen) atoms. The Morgan fingerprint density at radius 3 is 2.64 bits per heavy atom. The van der Waals surface area contributed by atoms with Gasteiger partial charge in [0.05, 0.1) is 5.56 Å². The Bertz CT molecular complexity index is 1030. The largest absolute Gasteiger partial charge is 0.489 e. The van der Waals surface area contributed by atoms with E-state index in [-0.39, 0.29) is 49.4 Å². The van der Waals surface area contributed by atoms with Gasteiger partial charge in [-0.25, -0.2) is 8.78 Å². The molecule has 2 aliphatic heterocycles. The van der Waals surface area contributed by atoms with E-state index in [4.69, 9.17) is 4.74 Å². The lowest BCUT2D eigenvalue weighted by Gasteiger charge is -2.31. The number of nitrogens with one attached hydrogen (secondary N) is 3. The molecule has 0 aliphatic carbocycles. The molecule has 2 heterocycles. The third-order valence-electron chi connectivity index (χ3n) is 6.52. The van der Waals surface area contributed by atoms with Crippen molar-refractivity contribution in [3.8, 4) is 5.75 Å². The van der Waals surface area contributed by atoms with Gasteiger partial charge in [0.2, 0.25) is 0 Å². The Morgan fingerprint density at radius 1 is 1.18 bits per heavy atom. The van der Waals surface area contributed by atoms with Gasteiger partial charge in [0.15, 0.2) is 0 Å². The van der Waals surface area contributed by atoms with E-state index >= 15 is 0 Å². The Kier molecular flexibility index (Phi) is 6.65. The number of benzene rings is 2. The maximum absolute atomic E-state index is 14.1. The molecule has 2 aromatic carbocycles. The van der Waals surface area contributed by atoms with Gasteiger partial charge in [0, 0.05) is 56.1 Å². The predicted octanol–water partition coefficient (Wildman–Crippen LogP) is 3.32. The molecule has 3 N–H and O–H groups in total. The zero-order valence-electron chi connectivity index (χ0n) is 18.8. The Labute approximate surface area is 192 Å². The summed E-state index contributed by atoms with van der Waals surface area (Å²) in [6, 6.07) is 13.0. The number of halogens is 2. The average Bonchev–Trinajstić information content (AvgIpc) is 3.14. The molecule has 0 spiro atoms. The molecular weight excluding hydrogens is 428 g/mol. The number of hydrogen-bond donors (Lipinski definition) is 3. The van der Waals surface area contributed by atoms with Crippen molar-refractivity contribution in [3.05, 3.63) is 64.7 Å². The molecule has 1 saturated heterocycles. The van der Waals surface area contributed by atoms with E-state index in [1.165, 1.54) is 13.1 Å². The van der Waals surface area contributed by atoms with Crippen LogP contribution in [0.2, 0.25) is 0 Å². The molecule has 2 amide bonds. The van der Waals surface area contributed by atoms with Crippen LogP contribution in [-0.4, -0.2) is 50.5 Å². The second-order valence-corrected chi connectivity index (χ2v) is 8.69. The molecule has 0 aromatic heterocycles. The van der Waals surface area contributed by atoms with Crippen LogP contribution < -0.4 is 20.7 Å². The fraction of sp³-hybridized carbons (Fsp3) is 0.440. The number of hydrogen-bond acceptors (Lipinski definition) is 4. The van der Waals surface area contributed by atoms with Crippen molar-refractivity contribution in [3.63, 3.8) is 0 Å². The van der Waals surface area contributed by atoms with E-state index in [9.17, 15) is 18.4 Å². The molecule has 3 atom stereocenters. The third-order valence-corrected chi connectivity index (χ3v) is 6.52. The number of carbonyl (C=O) groups excluding carboxylic acids is 2. The first kappa shape index (κ1) is 23.2. The van der Waals surface area contributed by atoms with Gasteiger partial charge in [0.25, 0.3) is 17.7 Å². The van der Waals surface area contributed by atoms with Crippen molar-refractivity contribution in [2.75, 3.05) is 26.7 Å². The summed E-state index contributed by atoms with van der Waals surface area (Å²) >= 11 is 0. The summed E-state index contributed by atoms with van der Waals surface area (Å²) in [5.41, 5.74) is 2.38. The lowest BCUT2D eigenvalue weighted by molar-refractivity contribution is -0.0801. The van der Waals surface area contributed by atoms with Gasteiger partial charge in [-0.05, 0) is 31.0 Å². The normalized spacial score (nSPS) is 23.3. The number of piperidine rings is 1. The molecule has 0 bridgehead atoms. The summed E-state index contributed by atoms with van der Waals surface area (Å²) in [6.07, 6.45) is -0.235. The lowest BCUT2D eigenvalue weighted by atomic mass is 9.87. The molecule has 2 aromatic rings. The molecule has 6 nitrogen and oxygen atoms in total. The highest BCUT2D eigenvalue weighted by molar-refractivity contribution is 6.02. The minimum Gasteiger partial charge on any atom is -0.489 e. The lowest BCUT2D eigenvalue weighted by Crippen LogP contribution is -2.45. The van der Waals surface area contributed by atoms with Gasteiger partial charge in [-0.1, -0.05) is 30.3 Å². The molecular formula is C25H29F2N3O3. The highest BCUT2D eigenvalue weighted by Gasteiger charge is 2.41. The van der Waals surface area contributed by atoms with Crippen molar-refractivity contribution in [2.45, 2.75) is 37.7 Å². The van der Waals surface area contributed by atoms with Crippen LogP contribution >= 0.6 is 0 Å². The van der Waals surface area contributed by atoms with Crippen LogP contribution in [0.3, 0.4) is 0 Å². The summed E-state index contributed by atoms with van der Waals surface area (Å²) in [4.78, 5) is 25.5. The molecule has 0 saturated carbocycles. The van der Waals surface area contributed by atoms with E-state index in [2.05, 4.69) is 16.0 Å². The van der Waals surface area contributed by atoms with E-state index in [0.29, 0.717) is 17.9 Å². The van der Waals surface area contributed by atoms with E-state index in [1.54, 1.807) is 6.07 Å². The monoisotopic (exact) mass is 457 g/mol. The summed E-state index contributed by atoms with van der Waals surface area (Å²) in [7, 11) is 1.52. The summed E-state index contributed by atoms with van der Waals surface area (Å²) in [5, 5.41) is 8.34. The molecule has 8 heteroatoms. The number of ether oxygens (including phenoxy) is 1. The smallest absolute Gasteiger partial charge is 0.254 e. The van der Waals surface area contributed by atoms with E-state index < -0.39 is 17.7 Å². The number of carbonyl (C=O) groups is 2. The number of rotatable bonds is 6. The highest BCUT2D eigenvalue weighted by atomic mass is 19.3. The standard InChI is InChI=1S/C25H29F2N3O3/c1-15-21(16-6-4-3-5-7-16)19-12-17(13-20(22(19)33-15)24(32)28-2)23(31)30-10-8-18-14-29-11-9-25(18,26)27/h3-7,12-13,15,18,21,29H,8-11,14H2,1-2H3,(H,28,32)(H,30,31)/t15-,18-,21+/m0/s1. The Hall–Kier alpha value is -3.00. The van der Waals surface area contributed by atoms with Crippen LogP contribution in [0.25, 0.3) is 0 Å². The van der Waals surface area contributed by atoms with Crippen LogP contribution in [-0.2, 0) is 0 Å². The zero-order chi connectivity index (χ0) is 23.6. The fourth-order valence-corrected chi connectivity index (χ4v) is 4.73. The molecule has 0 unspecified atom stereocenters. The Morgan fingerprint density at radius 2 is 1.94 bits per heavy atom. The van der Waals surface area contributed by atoms with Crippen molar-refractivity contribution in [2.24, 2.45) is 5.92 Å². The van der Waals surface area contributed by atoms with Gasteiger partial charge in [-0.15, -0.1) is 0 Å². The van der Waals surface area contributed by atoms with Crippen molar-refractivity contribution >= 4 is 11.8 Å². The zero-order valence-corrected chi connectivity index (χ0v) is 18.8. The highest BCUT2D eigenvalue weighted by Crippen LogP contribution is 2.45. The maximum atomic E-state index is 14.1. The van der Waals surface area contributed by atoms with Crippen molar-refractivity contribution < 1.29 is 23.1 Å². The van der Waals surface area contributed by atoms with Crippen LogP contribution in [0.4, 0.5) is 8.78 Å². The summed E-state index contributed by atoms with van der Waals surface area (Å²) in [5.74, 6) is -3.96. The van der Waals surface area contributed by atoms with Crippen molar-refractivity contribution in [1.29, 1.82) is 0 Å². The number of alkyl halides is 2. The van der Waals surface area contributed by atoms with Gasteiger partial charge in [-0.2, -0.15) is 0 Å². The second kappa shape index (κ2) is 9.47. The van der Waals surface area contributed by atoms with Crippen molar-refractivity contribution in [1.82, 2.24) is 16.0 Å². The molecule has 4 rings (SSSR count). The topological polar surface area (TPSA) is 79.5 Å². The van der Waals surface area contributed by atoms with Crippen LogP contribution in [0.5, 0.6) is 5.75 Å². The molecule has 1 fully saturated rings. The van der Waals surface area contributed by atoms with Crippen LogP contribution in [0, 0.1) is 5.92 Å². The molecule has 0 radical (unpaired) electrons. The first-order chi connectivity index (χ1) is 15.8. The van der Waals surface area contributed by atoms with Crippen LogP contribution in [0.1, 0.15) is 57.5 Å². The second-order valence-electron chi connectivity index (χ2n) is 8.69. The Balaban J connectivity index is 1.58. The summed E-state index contributed by atoms with van der Waals surface area (Å²) < 4.78 is 34.2. The quantitative estimate of drug-likeness (QED) is 0.622. The third kappa shape index (κ3) is 4.71. The fourth-order valence-electron chi connectivity index (χ4n) is 4.73. The van der Waals surface area contributed by atoms with Gasteiger partial charge in [-0.3, -0.25) is 9.59 Å². The molecule has 176 valence electrons. The minimum absolute atomic E-state index is 0.127. The first-order valence-electron chi connectivity index (χ1n) is 11.3. The molecule has 2 aliphatic rings. The van der Waals surface area contributed by atoms with E-state index in [1.807, 2.05) is 37.3 Å². The minimum atomic E-state index is -2.73. The average molecular weight is 458 g/mol. The van der Waals surface area contributed by atoms with Gasteiger partial charge >= 0.3 is 0 Å². The SMILES string of the molecule is CNC(=O)c1cc(C(=O)NCC[C@H]2CNCCC2(F)F)cc2c1O[C@@H](C)[C@@H]2c1ccccc1. The maximum Gasteiger partial charge on any atom is 0.254 e. The number of amides is 2. The number of fused-ring (bicyclic) bond motifs is 1. The van der Waals surface area contributed by atoms with Gasteiger partial charge in [0.1, 0.15) is 11.9 Å². The summed E-state index contributed by atoms with van der Waals surface area (Å²) in [6.45, 7) is 2.60. The van der Waals surface area contributed by atoms with Gasteiger partial charge < -0.3 is 20.7 Å². The first-order valence-corrected chi connectivity index (χ1v) is 11.3. The predicted molar refractivity (Wildman–Crippen MR) is 121 cm³/mol. The van der Waals surface area contributed by atoms with Crippen LogP contribution in [0.15, 0.2) is 42.5 Å². The van der Waals surface area contributed by atoms with E-state index in [0.717, 1.165) is 11.1 Å².